The molecule has 1 saturated heterocycles. The zero-order valence-corrected chi connectivity index (χ0v) is 12.9. The van der Waals surface area contributed by atoms with E-state index in [0.29, 0.717) is 13.2 Å². The SMILES string of the molecule is CCCOc1ccc(C(NN)C2(OC)CCOCC2)cc1. The maximum absolute atomic E-state index is 5.83. The summed E-state index contributed by atoms with van der Waals surface area (Å²) < 4.78 is 16.9. The van der Waals surface area contributed by atoms with Crippen molar-refractivity contribution in [2.45, 2.75) is 37.8 Å². The Labute approximate surface area is 126 Å². The molecule has 1 aromatic rings. The zero-order chi connectivity index (χ0) is 15.1. The van der Waals surface area contributed by atoms with Crippen LogP contribution < -0.4 is 16.0 Å². The summed E-state index contributed by atoms with van der Waals surface area (Å²) in [5, 5.41) is 0. The van der Waals surface area contributed by atoms with Gasteiger partial charge in [0.25, 0.3) is 0 Å². The maximum atomic E-state index is 5.83. The number of hydrogen-bond acceptors (Lipinski definition) is 5. The Balaban J connectivity index is 2.15. The predicted octanol–water partition coefficient (Wildman–Crippen LogP) is 2.18. The van der Waals surface area contributed by atoms with Crippen molar-refractivity contribution in [3.8, 4) is 5.75 Å². The molecule has 1 aliphatic rings. The summed E-state index contributed by atoms with van der Waals surface area (Å²) in [6.07, 6.45) is 2.65. The van der Waals surface area contributed by atoms with Gasteiger partial charge in [0.2, 0.25) is 0 Å². The van der Waals surface area contributed by atoms with Crippen LogP contribution in [0.3, 0.4) is 0 Å². The molecule has 5 nitrogen and oxygen atoms in total. The Hall–Kier alpha value is -1.14. The van der Waals surface area contributed by atoms with Crippen LogP contribution in [0.25, 0.3) is 0 Å². The molecule has 1 atom stereocenters. The molecule has 118 valence electrons. The Kier molecular flexibility index (Phi) is 5.99. The summed E-state index contributed by atoms with van der Waals surface area (Å²) in [7, 11) is 1.74. The molecule has 1 aromatic carbocycles. The lowest BCUT2D eigenvalue weighted by atomic mass is 9.82. The first-order chi connectivity index (χ1) is 10.3. The molecule has 5 heteroatoms. The van der Waals surface area contributed by atoms with Crippen molar-refractivity contribution in [1.82, 2.24) is 5.43 Å². The quantitative estimate of drug-likeness (QED) is 0.596. The van der Waals surface area contributed by atoms with Crippen molar-refractivity contribution in [3.63, 3.8) is 0 Å². The van der Waals surface area contributed by atoms with Crippen LogP contribution in [0.5, 0.6) is 5.75 Å². The van der Waals surface area contributed by atoms with Crippen molar-refractivity contribution in [1.29, 1.82) is 0 Å². The number of hydrazine groups is 1. The molecule has 0 spiro atoms. The third-order valence-corrected chi connectivity index (χ3v) is 4.12. The number of hydrogen-bond donors (Lipinski definition) is 2. The lowest BCUT2D eigenvalue weighted by Crippen LogP contribution is -2.51. The Morgan fingerprint density at radius 2 is 1.95 bits per heavy atom. The van der Waals surface area contributed by atoms with Gasteiger partial charge in [-0.25, -0.2) is 0 Å². The highest BCUT2D eigenvalue weighted by Crippen LogP contribution is 2.37. The van der Waals surface area contributed by atoms with Gasteiger partial charge in [-0.3, -0.25) is 11.3 Å². The Morgan fingerprint density at radius 3 is 2.48 bits per heavy atom. The number of benzene rings is 1. The van der Waals surface area contributed by atoms with Crippen molar-refractivity contribution in [2.75, 3.05) is 26.9 Å². The van der Waals surface area contributed by atoms with Crippen molar-refractivity contribution in [2.24, 2.45) is 5.84 Å². The first-order valence-electron chi connectivity index (χ1n) is 7.57. The van der Waals surface area contributed by atoms with E-state index in [1.165, 1.54) is 0 Å². The van der Waals surface area contributed by atoms with Crippen molar-refractivity contribution < 1.29 is 14.2 Å². The third-order valence-electron chi connectivity index (χ3n) is 4.12. The summed E-state index contributed by atoms with van der Waals surface area (Å²) in [5.41, 5.74) is 3.70. The molecule has 0 bridgehead atoms. The minimum Gasteiger partial charge on any atom is -0.494 e. The lowest BCUT2D eigenvalue weighted by Gasteiger charge is -2.42. The van der Waals surface area contributed by atoms with Gasteiger partial charge >= 0.3 is 0 Å². The van der Waals surface area contributed by atoms with E-state index in [4.69, 9.17) is 20.1 Å². The molecule has 2 rings (SSSR count). The summed E-state index contributed by atoms with van der Waals surface area (Å²) in [5.74, 6) is 6.70. The standard InChI is InChI=1S/C16H26N2O3/c1-3-10-21-14-6-4-13(5-7-14)15(18-17)16(19-2)8-11-20-12-9-16/h4-7,15,18H,3,8-12,17H2,1-2H3. The summed E-state index contributed by atoms with van der Waals surface area (Å²) in [4.78, 5) is 0. The smallest absolute Gasteiger partial charge is 0.119 e. The van der Waals surface area contributed by atoms with E-state index < -0.39 is 0 Å². The van der Waals surface area contributed by atoms with E-state index in [1.54, 1.807) is 7.11 Å². The fourth-order valence-corrected chi connectivity index (χ4v) is 2.86. The highest BCUT2D eigenvalue weighted by molar-refractivity contribution is 5.31. The third kappa shape index (κ3) is 3.74. The van der Waals surface area contributed by atoms with Crippen LogP contribution in [0.2, 0.25) is 0 Å². The molecule has 1 fully saturated rings. The van der Waals surface area contributed by atoms with E-state index >= 15 is 0 Å². The topological polar surface area (TPSA) is 65.7 Å². The van der Waals surface area contributed by atoms with E-state index in [0.717, 1.165) is 37.2 Å². The average Bonchev–Trinajstić information content (AvgIpc) is 2.55. The number of methoxy groups -OCH3 is 1. The minimum atomic E-state index is -0.321. The fourth-order valence-electron chi connectivity index (χ4n) is 2.86. The number of rotatable bonds is 7. The van der Waals surface area contributed by atoms with E-state index in [1.807, 2.05) is 24.3 Å². The van der Waals surface area contributed by atoms with Gasteiger partial charge in [0.15, 0.2) is 0 Å². The molecule has 0 amide bonds. The van der Waals surface area contributed by atoms with Crippen LogP contribution in [0.15, 0.2) is 24.3 Å². The molecule has 1 unspecified atom stereocenters. The Morgan fingerprint density at radius 1 is 1.29 bits per heavy atom. The molecule has 0 saturated carbocycles. The molecule has 21 heavy (non-hydrogen) atoms. The molecule has 3 N–H and O–H groups in total. The fraction of sp³-hybridized carbons (Fsp3) is 0.625. The van der Waals surface area contributed by atoms with Gasteiger partial charge in [-0.1, -0.05) is 19.1 Å². The van der Waals surface area contributed by atoms with Gasteiger partial charge in [0.05, 0.1) is 18.2 Å². The maximum Gasteiger partial charge on any atom is 0.119 e. The minimum absolute atomic E-state index is 0.0633. The molecule has 1 heterocycles. The molecular weight excluding hydrogens is 268 g/mol. The molecular formula is C16H26N2O3. The highest BCUT2D eigenvalue weighted by Gasteiger charge is 2.41. The number of nitrogens with two attached hydrogens (primary N) is 1. The van der Waals surface area contributed by atoms with E-state index in [-0.39, 0.29) is 11.6 Å². The van der Waals surface area contributed by atoms with Gasteiger partial charge in [0, 0.05) is 33.2 Å². The van der Waals surface area contributed by atoms with Crippen LogP contribution in [0.1, 0.15) is 37.8 Å². The first kappa shape index (κ1) is 16.2. The molecule has 0 aliphatic carbocycles. The zero-order valence-electron chi connectivity index (χ0n) is 12.9. The second-order valence-corrected chi connectivity index (χ2v) is 5.40. The predicted molar refractivity (Wildman–Crippen MR) is 82.1 cm³/mol. The number of ether oxygens (including phenoxy) is 3. The van der Waals surface area contributed by atoms with Gasteiger partial charge in [-0.05, 0) is 24.1 Å². The first-order valence-corrected chi connectivity index (χ1v) is 7.57. The second-order valence-electron chi connectivity index (χ2n) is 5.40. The average molecular weight is 294 g/mol. The summed E-state index contributed by atoms with van der Waals surface area (Å²) in [6, 6.07) is 8.00. The summed E-state index contributed by atoms with van der Waals surface area (Å²) in [6.45, 7) is 4.22. The Bertz CT molecular complexity index is 416. The lowest BCUT2D eigenvalue weighted by molar-refractivity contribution is -0.111. The van der Waals surface area contributed by atoms with E-state index in [2.05, 4.69) is 12.3 Å². The van der Waals surface area contributed by atoms with E-state index in [9.17, 15) is 0 Å². The molecule has 0 radical (unpaired) electrons. The second kappa shape index (κ2) is 7.75. The largest absolute Gasteiger partial charge is 0.494 e. The van der Waals surface area contributed by atoms with Crippen molar-refractivity contribution >= 4 is 0 Å². The summed E-state index contributed by atoms with van der Waals surface area (Å²) >= 11 is 0. The van der Waals surface area contributed by atoms with Gasteiger partial charge in [0.1, 0.15) is 5.75 Å². The van der Waals surface area contributed by atoms with Crippen LogP contribution in [-0.4, -0.2) is 32.5 Å². The van der Waals surface area contributed by atoms with Gasteiger partial charge < -0.3 is 14.2 Å². The van der Waals surface area contributed by atoms with Crippen LogP contribution in [0.4, 0.5) is 0 Å². The molecule has 0 aromatic heterocycles. The molecule has 1 aliphatic heterocycles. The van der Waals surface area contributed by atoms with Crippen molar-refractivity contribution in [3.05, 3.63) is 29.8 Å². The van der Waals surface area contributed by atoms with Gasteiger partial charge in [-0.15, -0.1) is 0 Å². The monoisotopic (exact) mass is 294 g/mol. The van der Waals surface area contributed by atoms with Gasteiger partial charge in [-0.2, -0.15) is 0 Å². The normalized spacial score (nSPS) is 19.2. The van der Waals surface area contributed by atoms with Crippen LogP contribution in [0, 0.1) is 0 Å². The van der Waals surface area contributed by atoms with Crippen LogP contribution >= 0.6 is 0 Å². The van der Waals surface area contributed by atoms with Crippen LogP contribution in [-0.2, 0) is 9.47 Å². The number of nitrogens with one attached hydrogen (secondary N) is 1. The highest BCUT2D eigenvalue weighted by atomic mass is 16.5.